The van der Waals surface area contributed by atoms with Crippen molar-refractivity contribution in [3.8, 4) is 17.0 Å². The molecule has 0 saturated carbocycles. The number of hydrogen-bond donors (Lipinski definition) is 1. The number of benzene rings is 1. The van der Waals surface area contributed by atoms with Gasteiger partial charge < -0.3 is 10.5 Å². The van der Waals surface area contributed by atoms with Crippen molar-refractivity contribution in [1.82, 2.24) is 9.38 Å². The quantitative estimate of drug-likeness (QED) is 0.768. The van der Waals surface area contributed by atoms with Gasteiger partial charge >= 0.3 is 0 Å². The molecule has 0 spiro atoms. The molecule has 0 bridgehead atoms. The third kappa shape index (κ3) is 1.71. The van der Waals surface area contributed by atoms with Crippen LogP contribution >= 0.6 is 0 Å². The molecule has 2 N–H and O–H groups in total. The van der Waals surface area contributed by atoms with Gasteiger partial charge in [0.25, 0.3) is 0 Å². The minimum absolute atomic E-state index is 0.350. The third-order valence-electron chi connectivity index (χ3n) is 3.00. The normalized spacial score (nSPS) is 10.8. The summed E-state index contributed by atoms with van der Waals surface area (Å²) in [5, 5.41) is 0. The van der Waals surface area contributed by atoms with Gasteiger partial charge in [-0.3, -0.25) is 4.40 Å². The van der Waals surface area contributed by atoms with Gasteiger partial charge in [0.1, 0.15) is 17.3 Å². The number of ether oxygens (including phenoxy) is 1. The number of halogens is 1. The Morgan fingerprint density at radius 2 is 2.00 bits per heavy atom. The summed E-state index contributed by atoms with van der Waals surface area (Å²) >= 11 is 0. The van der Waals surface area contributed by atoms with Crippen LogP contribution in [0.25, 0.3) is 16.9 Å². The van der Waals surface area contributed by atoms with Crippen LogP contribution in [-0.4, -0.2) is 16.5 Å². The lowest BCUT2D eigenvalue weighted by Crippen LogP contribution is -1.95. The summed E-state index contributed by atoms with van der Waals surface area (Å²) in [6.45, 7) is 0. The van der Waals surface area contributed by atoms with Crippen LogP contribution < -0.4 is 10.5 Å². The second-order valence-electron chi connectivity index (χ2n) is 4.10. The summed E-state index contributed by atoms with van der Waals surface area (Å²) in [6, 6.07) is 10.0. The second-order valence-corrected chi connectivity index (χ2v) is 4.10. The molecule has 4 nitrogen and oxygen atoms in total. The Hall–Kier alpha value is -2.56. The maximum atomic E-state index is 13.8. The van der Waals surface area contributed by atoms with E-state index >= 15 is 0 Å². The van der Waals surface area contributed by atoms with E-state index < -0.39 is 0 Å². The summed E-state index contributed by atoms with van der Waals surface area (Å²) in [7, 11) is 1.56. The average Bonchev–Trinajstić information content (AvgIpc) is 2.77. The Labute approximate surface area is 109 Å². The Bertz CT molecular complexity index is 752. The highest BCUT2D eigenvalue weighted by Crippen LogP contribution is 2.31. The lowest BCUT2D eigenvalue weighted by molar-refractivity contribution is 0.417. The van der Waals surface area contributed by atoms with Crippen molar-refractivity contribution in [2.45, 2.75) is 0 Å². The topological polar surface area (TPSA) is 52.5 Å². The summed E-state index contributed by atoms with van der Waals surface area (Å²) in [4.78, 5) is 4.39. The van der Waals surface area contributed by atoms with Gasteiger partial charge in [-0.25, -0.2) is 9.37 Å². The molecular formula is C14H12FN3O. The molecule has 0 amide bonds. The Morgan fingerprint density at radius 1 is 1.21 bits per heavy atom. The molecule has 1 aromatic carbocycles. The van der Waals surface area contributed by atoms with Crippen molar-refractivity contribution in [3.05, 3.63) is 48.4 Å². The molecule has 0 radical (unpaired) electrons. The molecule has 3 rings (SSSR count). The molecule has 96 valence electrons. The molecule has 0 unspecified atom stereocenters. The largest absolute Gasteiger partial charge is 0.493 e. The van der Waals surface area contributed by atoms with Gasteiger partial charge in [0.2, 0.25) is 0 Å². The Kier molecular flexibility index (Phi) is 2.59. The molecule has 0 aliphatic heterocycles. The van der Waals surface area contributed by atoms with E-state index in [9.17, 15) is 4.39 Å². The van der Waals surface area contributed by atoms with E-state index in [4.69, 9.17) is 10.5 Å². The monoisotopic (exact) mass is 257 g/mol. The summed E-state index contributed by atoms with van der Waals surface area (Å²) in [5.74, 6) is 0.632. The molecule has 0 fully saturated rings. The van der Waals surface area contributed by atoms with E-state index in [1.54, 1.807) is 48.0 Å². The zero-order valence-corrected chi connectivity index (χ0v) is 10.3. The van der Waals surface area contributed by atoms with Gasteiger partial charge in [0.05, 0.1) is 7.11 Å². The number of hydrogen-bond acceptors (Lipinski definition) is 3. The van der Waals surface area contributed by atoms with E-state index in [0.29, 0.717) is 28.5 Å². The molecule has 3 aromatic rings. The number of nitrogens with two attached hydrogens (primary N) is 1. The molecule has 5 heteroatoms. The van der Waals surface area contributed by atoms with Crippen LogP contribution in [0.1, 0.15) is 0 Å². The van der Waals surface area contributed by atoms with Crippen LogP contribution in [0.5, 0.6) is 5.75 Å². The van der Waals surface area contributed by atoms with E-state index in [1.165, 1.54) is 6.07 Å². The summed E-state index contributed by atoms with van der Waals surface area (Å²) in [5.41, 5.74) is 7.41. The van der Waals surface area contributed by atoms with Crippen molar-refractivity contribution >= 4 is 11.5 Å². The number of aromatic nitrogens is 2. The van der Waals surface area contributed by atoms with Crippen molar-refractivity contribution in [2.75, 3.05) is 12.8 Å². The summed E-state index contributed by atoms with van der Waals surface area (Å²) in [6.07, 6.45) is 1.77. The van der Waals surface area contributed by atoms with Gasteiger partial charge in [-0.1, -0.05) is 12.1 Å². The minimum Gasteiger partial charge on any atom is -0.493 e. The van der Waals surface area contributed by atoms with E-state index in [-0.39, 0.29) is 5.82 Å². The molecule has 19 heavy (non-hydrogen) atoms. The predicted molar refractivity (Wildman–Crippen MR) is 71.6 cm³/mol. The maximum Gasteiger partial charge on any atom is 0.181 e. The fraction of sp³-hybridized carbons (Fsp3) is 0.0714. The van der Waals surface area contributed by atoms with Crippen LogP contribution in [0, 0.1) is 5.82 Å². The van der Waals surface area contributed by atoms with Crippen molar-refractivity contribution in [3.63, 3.8) is 0 Å². The first kappa shape index (κ1) is 11.5. The number of rotatable bonds is 2. The number of pyridine rings is 1. The van der Waals surface area contributed by atoms with E-state index in [2.05, 4.69) is 4.98 Å². The van der Waals surface area contributed by atoms with Gasteiger partial charge in [0, 0.05) is 11.8 Å². The number of methoxy groups -OCH3 is 1. The van der Waals surface area contributed by atoms with E-state index in [1.807, 2.05) is 0 Å². The third-order valence-corrected chi connectivity index (χ3v) is 3.00. The lowest BCUT2D eigenvalue weighted by Gasteiger charge is -2.01. The molecule has 2 heterocycles. The standard InChI is InChI=1S/C14H12FN3O/c1-19-11-7-4-8-18-13(16)12(17-14(11)18)9-5-2-3-6-10(9)15/h2-8H,16H2,1H3. The number of nitrogen functional groups attached to an aromatic ring is 1. The molecule has 0 saturated heterocycles. The fourth-order valence-electron chi connectivity index (χ4n) is 2.07. The highest BCUT2D eigenvalue weighted by Gasteiger charge is 2.16. The van der Waals surface area contributed by atoms with Crippen molar-refractivity contribution in [1.29, 1.82) is 0 Å². The first-order chi connectivity index (χ1) is 9.22. The lowest BCUT2D eigenvalue weighted by atomic mass is 10.1. The first-order valence-corrected chi connectivity index (χ1v) is 5.78. The smallest absolute Gasteiger partial charge is 0.181 e. The second kappa shape index (κ2) is 4.28. The summed E-state index contributed by atoms with van der Waals surface area (Å²) < 4.78 is 20.7. The Morgan fingerprint density at radius 3 is 2.74 bits per heavy atom. The van der Waals surface area contributed by atoms with Crippen LogP contribution in [-0.2, 0) is 0 Å². The molecule has 0 atom stereocenters. The predicted octanol–water partition coefficient (Wildman–Crippen LogP) is 2.73. The van der Waals surface area contributed by atoms with E-state index in [0.717, 1.165) is 0 Å². The van der Waals surface area contributed by atoms with Crippen LogP contribution in [0.4, 0.5) is 10.2 Å². The first-order valence-electron chi connectivity index (χ1n) is 5.78. The molecular weight excluding hydrogens is 245 g/mol. The highest BCUT2D eigenvalue weighted by molar-refractivity contribution is 5.77. The Balaban J connectivity index is 2.32. The van der Waals surface area contributed by atoms with Crippen LogP contribution in [0.15, 0.2) is 42.6 Å². The average molecular weight is 257 g/mol. The SMILES string of the molecule is COc1cccn2c(N)c(-c3ccccc3F)nc12. The van der Waals surface area contributed by atoms with Gasteiger partial charge in [-0.2, -0.15) is 0 Å². The molecule has 0 aliphatic carbocycles. The van der Waals surface area contributed by atoms with Crippen LogP contribution in [0.3, 0.4) is 0 Å². The highest BCUT2D eigenvalue weighted by atomic mass is 19.1. The number of anilines is 1. The molecule has 0 aliphatic rings. The van der Waals surface area contributed by atoms with Gasteiger partial charge in [-0.05, 0) is 24.3 Å². The maximum absolute atomic E-state index is 13.8. The van der Waals surface area contributed by atoms with Crippen molar-refractivity contribution in [2.24, 2.45) is 0 Å². The van der Waals surface area contributed by atoms with Gasteiger partial charge in [0.15, 0.2) is 11.4 Å². The zero-order valence-electron chi connectivity index (χ0n) is 10.3. The van der Waals surface area contributed by atoms with Crippen LogP contribution in [0.2, 0.25) is 0 Å². The number of fused-ring (bicyclic) bond motifs is 1. The number of nitrogens with zero attached hydrogens (tertiary/aromatic N) is 2. The molecule has 2 aromatic heterocycles. The number of imidazole rings is 1. The zero-order chi connectivity index (χ0) is 13.4. The van der Waals surface area contributed by atoms with Gasteiger partial charge in [-0.15, -0.1) is 0 Å². The van der Waals surface area contributed by atoms with Crippen molar-refractivity contribution < 1.29 is 9.13 Å². The minimum atomic E-state index is -0.350. The fourth-order valence-corrected chi connectivity index (χ4v) is 2.07.